The normalized spacial score (nSPS) is 36.8. The standard InChI is InChI=1S/C28H44N2/c1-25(2)11-9-17-23(15-25)29-21-13-20-22(14-19(21)27(17,5)6)30-24-16-26(3,4)12-10-18(24)28(20,7)8/h13-14,17-18,23-24,29-30H,9-12,15-16H2,1-8H3/t17-,18-,23-,24-/m0/s1. The van der Waals surface area contributed by atoms with Crippen molar-refractivity contribution >= 4 is 11.4 Å². The average Bonchev–Trinajstić information content (AvgIpc) is 2.59. The summed E-state index contributed by atoms with van der Waals surface area (Å²) in [5.41, 5.74) is 7.29. The Labute approximate surface area is 185 Å². The van der Waals surface area contributed by atoms with Crippen LogP contribution < -0.4 is 10.6 Å². The Balaban J connectivity index is 1.57. The van der Waals surface area contributed by atoms with Crippen LogP contribution in [0.1, 0.15) is 105 Å². The Bertz CT molecular complexity index is 788. The zero-order valence-electron chi connectivity index (χ0n) is 20.7. The van der Waals surface area contributed by atoms with E-state index in [9.17, 15) is 0 Å². The molecule has 4 aliphatic rings. The minimum atomic E-state index is 0.227. The van der Waals surface area contributed by atoms with Crippen LogP contribution in [0.4, 0.5) is 11.4 Å². The van der Waals surface area contributed by atoms with Crippen LogP contribution in [0.15, 0.2) is 12.1 Å². The lowest BCUT2D eigenvalue weighted by Gasteiger charge is -2.55. The van der Waals surface area contributed by atoms with Crippen molar-refractivity contribution in [3.63, 3.8) is 0 Å². The average molecular weight is 409 g/mol. The fourth-order valence-electron chi connectivity index (χ4n) is 7.91. The number of rotatable bonds is 0. The number of nitrogens with one attached hydrogen (secondary N) is 2. The molecule has 1 aromatic carbocycles. The third-order valence-electron chi connectivity index (χ3n) is 9.86. The molecule has 0 aromatic heterocycles. The second-order valence-corrected chi connectivity index (χ2v) is 13.9. The van der Waals surface area contributed by atoms with Crippen LogP contribution in [0.2, 0.25) is 0 Å². The molecule has 2 heterocycles. The molecule has 0 amide bonds. The third-order valence-corrected chi connectivity index (χ3v) is 9.86. The molecule has 0 spiro atoms. The van der Waals surface area contributed by atoms with E-state index < -0.39 is 0 Å². The van der Waals surface area contributed by atoms with Gasteiger partial charge in [-0.05, 0) is 95.3 Å². The molecule has 0 bridgehead atoms. The summed E-state index contributed by atoms with van der Waals surface area (Å²) in [5.74, 6) is 1.46. The maximum absolute atomic E-state index is 4.06. The van der Waals surface area contributed by atoms with E-state index in [-0.39, 0.29) is 10.8 Å². The van der Waals surface area contributed by atoms with Crippen molar-refractivity contribution < 1.29 is 0 Å². The highest BCUT2D eigenvalue weighted by atomic mass is 15.0. The van der Waals surface area contributed by atoms with Crippen LogP contribution in [0, 0.1) is 22.7 Å². The molecule has 30 heavy (non-hydrogen) atoms. The van der Waals surface area contributed by atoms with E-state index in [1.807, 2.05) is 0 Å². The van der Waals surface area contributed by atoms with Gasteiger partial charge in [0.1, 0.15) is 0 Å². The lowest BCUT2D eigenvalue weighted by molar-refractivity contribution is 0.116. The Morgan fingerprint density at radius 3 is 1.37 bits per heavy atom. The topological polar surface area (TPSA) is 24.1 Å². The van der Waals surface area contributed by atoms with E-state index in [1.54, 1.807) is 11.1 Å². The second kappa shape index (κ2) is 6.20. The first-order valence-corrected chi connectivity index (χ1v) is 12.5. The van der Waals surface area contributed by atoms with Gasteiger partial charge >= 0.3 is 0 Å². The molecule has 2 heteroatoms. The Kier molecular flexibility index (Phi) is 4.28. The van der Waals surface area contributed by atoms with Crippen molar-refractivity contribution in [2.75, 3.05) is 10.6 Å². The molecular formula is C28H44N2. The van der Waals surface area contributed by atoms with E-state index >= 15 is 0 Å². The monoisotopic (exact) mass is 408 g/mol. The summed E-state index contributed by atoms with van der Waals surface area (Å²) in [6.07, 6.45) is 7.96. The van der Waals surface area contributed by atoms with Crippen molar-refractivity contribution in [2.24, 2.45) is 22.7 Å². The maximum Gasteiger partial charge on any atom is 0.0385 e. The molecule has 0 radical (unpaired) electrons. The molecule has 2 fully saturated rings. The lowest BCUT2D eigenvalue weighted by Crippen LogP contribution is -2.52. The Morgan fingerprint density at radius 1 is 0.633 bits per heavy atom. The molecule has 1 aromatic rings. The van der Waals surface area contributed by atoms with Gasteiger partial charge in [-0.15, -0.1) is 0 Å². The van der Waals surface area contributed by atoms with Crippen LogP contribution in [0.25, 0.3) is 0 Å². The Morgan fingerprint density at radius 2 is 1.00 bits per heavy atom. The van der Waals surface area contributed by atoms with Crippen molar-refractivity contribution in [3.05, 3.63) is 23.3 Å². The van der Waals surface area contributed by atoms with Gasteiger partial charge in [-0.1, -0.05) is 55.4 Å². The summed E-state index contributed by atoms with van der Waals surface area (Å²) in [5, 5.41) is 8.11. The van der Waals surface area contributed by atoms with Gasteiger partial charge < -0.3 is 10.6 Å². The summed E-state index contributed by atoms with van der Waals surface area (Å²) in [4.78, 5) is 0. The smallest absolute Gasteiger partial charge is 0.0385 e. The van der Waals surface area contributed by atoms with Crippen LogP contribution in [0.3, 0.4) is 0 Å². The van der Waals surface area contributed by atoms with E-state index in [4.69, 9.17) is 0 Å². The first kappa shape index (κ1) is 20.7. The molecule has 2 aliphatic carbocycles. The largest absolute Gasteiger partial charge is 0.382 e. The SMILES string of the molecule is CC1(C)CC[C@H]2[C@H](C1)Nc1cc3c(cc1C2(C)C)N[C@H]1CC(C)(C)CC[C@@H]1C3(C)C. The predicted octanol–water partition coefficient (Wildman–Crippen LogP) is 7.48. The lowest BCUT2D eigenvalue weighted by atomic mass is 9.56. The predicted molar refractivity (Wildman–Crippen MR) is 130 cm³/mol. The van der Waals surface area contributed by atoms with Gasteiger partial charge in [0.15, 0.2) is 0 Å². The molecule has 2 nitrogen and oxygen atoms in total. The molecular weight excluding hydrogens is 364 g/mol. The molecule has 0 saturated heterocycles. The van der Waals surface area contributed by atoms with Gasteiger partial charge in [-0.25, -0.2) is 0 Å². The number of fused-ring (bicyclic) bond motifs is 4. The van der Waals surface area contributed by atoms with Crippen LogP contribution in [0.5, 0.6) is 0 Å². The second-order valence-electron chi connectivity index (χ2n) is 13.9. The summed E-state index contributed by atoms with van der Waals surface area (Å²) >= 11 is 0. The zero-order valence-corrected chi connectivity index (χ0v) is 20.7. The first-order chi connectivity index (χ1) is 13.8. The van der Waals surface area contributed by atoms with Gasteiger partial charge in [0.2, 0.25) is 0 Å². The number of hydrogen-bond acceptors (Lipinski definition) is 2. The first-order valence-electron chi connectivity index (χ1n) is 12.5. The minimum Gasteiger partial charge on any atom is -0.382 e. The molecule has 166 valence electrons. The molecule has 4 atom stereocenters. The van der Waals surface area contributed by atoms with Crippen LogP contribution in [-0.2, 0) is 10.8 Å². The van der Waals surface area contributed by atoms with Gasteiger partial charge in [0.05, 0.1) is 0 Å². The van der Waals surface area contributed by atoms with E-state index in [2.05, 4.69) is 78.2 Å². The van der Waals surface area contributed by atoms with Crippen molar-refractivity contribution in [3.8, 4) is 0 Å². The highest BCUT2D eigenvalue weighted by molar-refractivity contribution is 5.71. The van der Waals surface area contributed by atoms with Crippen LogP contribution in [-0.4, -0.2) is 12.1 Å². The van der Waals surface area contributed by atoms with E-state index in [1.165, 1.54) is 49.9 Å². The van der Waals surface area contributed by atoms with E-state index in [0.717, 1.165) is 11.8 Å². The highest BCUT2D eigenvalue weighted by Crippen LogP contribution is 2.56. The number of benzene rings is 1. The van der Waals surface area contributed by atoms with Crippen molar-refractivity contribution in [1.82, 2.24) is 0 Å². The minimum absolute atomic E-state index is 0.227. The van der Waals surface area contributed by atoms with Crippen molar-refractivity contribution in [2.45, 2.75) is 117 Å². The number of hydrogen-bond donors (Lipinski definition) is 2. The third kappa shape index (κ3) is 3.03. The summed E-state index contributed by atoms with van der Waals surface area (Å²) < 4.78 is 0. The summed E-state index contributed by atoms with van der Waals surface area (Å²) in [7, 11) is 0. The fraction of sp³-hybridized carbons (Fsp3) is 0.786. The van der Waals surface area contributed by atoms with Gasteiger partial charge in [0, 0.05) is 23.5 Å². The highest BCUT2D eigenvalue weighted by Gasteiger charge is 2.50. The molecule has 5 rings (SSSR count). The molecule has 0 unspecified atom stereocenters. The quantitative estimate of drug-likeness (QED) is 0.465. The summed E-state index contributed by atoms with van der Waals surface area (Å²) in [6.45, 7) is 19.9. The van der Waals surface area contributed by atoms with E-state index in [0.29, 0.717) is 22.9 Å². The molecule has 2 aliphatic heterocycles. The fourth-order valence-corrected chi connectivity index (χ4v) is 7.91. The van der Waals surface area contributed by atoms with Gasteiger partial charge in [0.25, 0.3) is 0 Å². The maximum atomic E-state index is 4.06. The summed E-state index contributed by atoms with van der Waals surface area (Å²) in [6, 6.07) is 6.31. The van der Waals surface area contributed by atoms with Crippen molar-refractivity contribution in [1.29, 1.82) is 0 Å². The number of anilines is 2. The zero-order chi connectivity index (χ0) is 21.7. The van der Waals surface area contributed by atoms with Gasteiger partial charge in [-0.3, -0.25) is 0 Å². The Hall–Kier alpha value is -1.18. The van der Waals surface area contributed by atoms with Crippen LogP contribution >= 0.6 is 0 Å². The van der Waals surface area contributed by atoms with Gasteiger partial charge in [-0.2, -0.15) is 0 Å². The molecule has 2 N–H and O–H groups in total. The molecule has 2 saturated carbocycles.